The summed E-state index contributed by atoms with van der Waals surface area (Å²) in [6.07, 6.45) is 2.61. The number of piperidine rings is 1. The minimum Gasteiger partial charge on any atom is -0.459 e. The van der Waals surface area contributed by atoms with E-state index in [1.807, 2.05) is 6.07 Å². The minimum atomic E-state index is -3.49. The van der Waals surface area contributed by atoms with E-state index < -0.39 is 10.0 Å². The molecule has 0 bridgehead atoms. The molecule has 2 aromatic rings. The lowest BCUT2D eigenvalue weighted by Crippen LogP contribution is -2.46. The number of nitrogens with zero attached hydrogens (tertiary/aromatic N) is 1. The van der Waals surface area contributed by atoms with Crippen molar-refractivity contribution in [2.24, 2.45) is 0 Å². The zero-order valence-corrected chi connectivity index (χ0v) is 14.3. The molecular formula is C17H20N2O4S. The smallest absolute Gasteiger partial charge is 0.287 e. The number of nitrogens with one attached hydrogen (secondary N) is 1. The molecule has 7 heteroatoms. The number of carbonyl (C=O) groups is 1. The van der Waals surface area contributed by atoms with Gasteiger partial charge in [-0.05, 0) is 43.5 Å². The number of hydrogen-bond acceptors (Lipinski definition) is 4. The Morgan fingerprint density at radius 3 is 2.50 bits per heavy atom. The average molecular weight is 348 g/mol. The van der Waals surface area contributed by atoms with Crippen molar-refractivity contribution in [1.29, 1.82) is 0 Å². The fourth-order valence-electron chi connectivity index (χ4n) is 2.89. The number of amides is 1. The average Bonchev–Trinajstić information content (AvgIpc) is 3.10. The number of hydrogen-bond donors (Lipinski definition) is 1. The van der Waals surface area contributed by atoms with Crippen LogP contribution >= 0.6 is 0 Å². The van der Waals surface area contributed by atoms with Gasteiger partial charge in [-0.25, -0.2) is 8.42 Å². The van der Waals surface area contributed by atoms with Crippen molar-refractivity contribution in [3.63, 3.8) is 0 Å². The summed E-state index contributed by atoms with van der Waals surface area (Å²) in [6, 6.07) is 10.2. The molecule has 1 N–H and O–H groups in total. The molecule has 24 heavy (non-hydrogen) atoms. The summed E-state index contributed by atoms with van der Waals surface area (Å²) in [6.45, 7) is 2.57. The molecule has 1 aromatic heterocycles. The molecule has 128 valence electrons. The van der Waals surface area contributed by atoms with Crippen molar-refractivity contribution in [1.82, 2.24) is 9.62 Å². The fourth-order valence-corrected chi connectivity index (χ4v) is 4.58. The zero-order valence-electron chi connectivity index (χ0n) is 13.4. The number of carbonyl (C=O) groups excluding carboxylic acids is 1. The van der Waals surface area contributed by atoms with Crippen LogP contribution < -0.4 is 5.32 Å². The molecule has 0 radical (unpaired) electrons. The molecular weight excluding hydrogens is 328 g/mol. The molecule has 0 aliphatic carbocycles. The van der Waals surface area contributed by atoms with E-state index in [4.69, 9.17) is 4.42 Å². The van der Waals surface area contributed by atoms with E-state index in [1.54, 1.807) is 37.3 Å². The highest BCUT2D eigenvalue weighted by Crippen LogP contribution is 2.23. The van der Waals surface area contributed by atoms with Gasteiger partial charge >= 0.3 is 0 Å². The largest absolute Gasteiger partial charge is 0.459 e. The number of furan rings is 1. The van der Waals surface area contributed by atoms with Crippen molar-refractivity contribution in [2.75, 3.05) is 13.1 Å². The van der Waals surface area contributed by atoms with E-state index >= 15 is 0 Å². The second-order valence-corrected chi connectivity index (χ2v) is 7.80. The van der Waals surface area contributed by atoms with Crippen molar-refractivity contribution in [2.45, 2.75) is 30.7 Å². The zero-order chi connectivity index (χ0) is 17.2. The summed E-state index contributed by atoms with van der Waals surface area (Å²) < 4.78 is 32.1. The van der Waals surface area contributed by atoms with Gasteiger partial charge in [-0.3, -0.25) is 4.79 Å². The first-order valence-electron chi connectivity index (χ1n) is 7.88. The Bertz CT molecular complexity index is 807. The van der Waals surface area contributed by atoms with Gasteiger partial charge in [-0.1, -0.05) is 18.2 Å². The Balaban J connectivity index is 1.63. The summed E-state index contributed by atoms with van der Waals surface area (Å²) in [4.78, 5) is 12.3. The van der Waals surface area contributed by atoms with Gasteiger partial charge in [0.2, 0.25) is 10.0 Å². The monoisotopic (exact) mass is 348 g/mol. The SMILES string of the molecule is Cc1ccccc1S(=O)(=O)N1CCC(NC(=O)c2ccco2)CC1. The predicted octanol–water partition coefficient (Wildman–Crippen LogP) is 2.17. The summed E-state index contributed by atoms with van der Waals surface area (Å²) in [5.41, 5.74) is 0.741. The third kappa shape index (κ3) is 3.37. The van der Waals surface area contributed by atoms with Crippen molar-refractivity contribution in [3.05, 3.63) is 54.0 Å². The van der Waals surface area contributed by atoms with E-state index in [2.05, 4.69) is 5.32 Å². The maximum atomic E-state index is 12.7. The van der Waals surface area contributed by atoms with Crippen LogP contribution in [0.3, 0.4) is 0 Å². The summed E-state index contributed by atoms with van der Waals surface area (Å²) in [5, 5.41) is 2.89. The standard InChI is InChI=1S/C17H20N2O4S/c1-13-5-2-3-7-16(13)24(21,22)19-10-8-14(9-11-19)18-17(20)15-6-4-12-23-15/h2-7,12,14H,8-11H2,1H3,(H,18,20). The van der Waals surface area contributed by atoms with Crippen LogP contribution in [0.5, 0.6) is 0 Å². The third-order valence-corrected chi connectivity index (χ3v) is 6.30. The molecule has 2 heterocycles. The Kier molecular flexibility index (Phi) is 4.73. The first-order chi connectivity index (χ1) is 11.5. The highest BCUT2D eigenvalue weighted by atomic mass is 32.2. The van der Waals surface area contributed by atoms with Crippen molar-refractivity contribution >= 4 is 15.9 Å². The van der Waals surface area contributed by atoms with Gasteiger partial charge in [0.05, 0.1) is 11.2 Å². The van der Waals surface area contributed by atoms with Crippen LogP contribution in [0.2, 0.25) is 0 Å². The van der Waals surface area contributed by atoms with Crippen LogP contribution in [0.1, 0.15) is 29.0 Å². The molecule has 1 amide bonds. The number of sulfonamides is 1. The maximum Gasteiger partial charge on any atom is 0.287 e. The molecule has 1 aliphatic heterocycles. The normalized spacial score (nSPS) is 16.9. The quantitative estimate of drug-likeness (QED) is 0.918. The van der Waals surface area contributed by atoms with Gasteiger partial charge in [0.25, 0.3) is 5.91 Å². The van der Waals surface area contributed by atoms with Crippen LogP contribution in [0.15, 0.2) is 52.0 Å². The molecule has 1 aliphatic rings. The second kappa shape index (κ2) is 6.78. The first kappa shape index (κ1) is 16.7. The van der Waals surface area contributed by atoms with Crippen molar-refractivity contribution in [3.8, 4) is 0 Å². The summed E-state index contributed by atoms with van der Waals surface area (Å²) in [5.74, 6) is 0.00479. The first-order valence-corrected chi connectivity index (χ1v) is 9.32. The van der Waals surface area contributed by atoms with E-state index in [-0.39, 0.29) is 17.7 Å². The van der Waals surface area contributed by atoms with Gasteiger partial charge in [0.15, 0.2) is 5.76 Å². The van der Waals surface area contributed by atoms with Crippen LogP contribution in [0.4, 0.5) is 0 Å². The molecule has 1 saturated heterocycles. The Morgan fingerprint density at radius 2 is 1.88 bits per heavy atom. The van der Waals surface area contributed by atoms with E-state index in [9.17, 15) is 13.2 Å². The minimum absolute atomic E-state index is 0.0501. The summed E-state index contributed by atoms with van der Waals surface area (Å²) >= 11 is 0. The van der Waals surface area contributed by atoms with Gasteiger partial charge < -0.3 is 9.73 Å². The lowest BCUT2D eigenvalue weighted by atomic mass is 10.1. The van der Waals surface area contributed by atoms with Gasteiger partial charge in [0.1, 0.15) is 0 Å². The number of aryl methyl sites for hydroxylation is 1. The topological polar surface area (TPSA) is 79.6 Å². The second-order valence-electron chi connectivity index (χ2n) is 5.89. The Labute approximate surface area is 141 Å². The van der Waals surface area contributed by atoms with E-state index in [0.717, 1.165) is 5.56 Å². The Hall–Kier alpha value is -2.12. The van der Waals surface area contributed by atoms with Crippen molar-refractivity contribution < 1.29 is 17.6 Å². The van der Waals surface area contributed by atoms with Gasteiger partial charge in [-0.2, -0.15) is 4.31 Å². The van der Waals surface area contributed by atoms with Crippen LogP contribution in [0.25, 0.3) is 0 Å². The summed E-state index contributed by atoms with van der Waals surface area (Å²) in [7, 11) is -3.49. The molecule has 0 unspecified atom stereocenters. The lowest BCUT2D eigenvalue weighted by Gasteiger charge is -2.31. The fraction of sp³-hybridized carbons (Fsp3) is 0.353. The molecule has 0 spiro atoms. The molecule has 1 aromatic carbocycles. The van der Waals surface area contributed by atoms with E-state index in [1.165, 1.54) is 10.6 Å². The van der Waals surface area contributed by atoms with Crippen LogP contribution in [-0.2, 0) is 10.0 Å². The highest BCUT2D eigenvalue weighted by molar-refractivity contribution is 7.89. The van der Waals surface area contributed by atoms with Gasteiger partial charge in [-0.15, -0.1) is 0 Å². The lowest BCUT2D eigenvalue weighted by molar-refractivity contribution is 0.0895. The molecule has 0 saturated carbocycles. The molecule has 6 nitrogen and oxygen atoms in total. The van der Waals surface area contributed by atoms with E-state index in [0.29, 0.717) is 30.8 Å². The molecule has 3 rings (SSSR count). The number of rotatable bonds is 4. The highest BCUT2D eigenvalue weighted by Gasteiger charge is 2.31. The van der Waals surface area contributed by atoms with Crippen LogP contribution in [-0.4, -0.2) is 37.8 Å². The Morgan fingerprint density at radius 1 is 1.17 bits per heavy atom. The molecule has 0 atom stereocenters. The predicted molar refractivity (Wildman–Crippen MR) is 89.1 cm³/mol. The third-order valence-electron chi connectivity index (χ3n) is 4.25. The molecule has 1 fully saturated rings. The number of benzene rings is 1. The maximum absolute atomic E-state index is 12.7. The van der Waals surface area contributed by atoms with Gasteiger partial charge in [0, 0.05) is 19.1 Å². The van der Waals surface area contributed by atoms with Crippen LogP contribution in [0, 0.1) is 6.92 Å².